The quantitative estimate of drug-likeness (QED) is 0.770. The van der Waals surface area contributed by atoms with E-state index in [1.807, 2.05) is 6.92 Å². The molecule has 0 aliphatic rings. The number of hydrogen-bond acceptors (Lipinski definition) is 4. The van der Waals surface area contributed by atoms with Crippen molar-refractivity contribution in [2.45, 2.75) is 6.92 Å². The number of pyridine rings is 1. The smallest absolute Gasteiger partial charge is 0.239 e. The number of aromatic nitrogens is 1. The summed E-state index contributed by atoms with van der Waals surface area (Å²) in [5.74, 6) is 0.812. The standard InChI is InChI=1S/C10H14Cl2N4O/c1-3-14-8(17)5-15-10-7(12)4-6(11)9(13-2)16-10/h4H,3,5H2,1-2H3,(H,14,17)(H2,13,15,16). The van der Waals surface area contributed by atoms with Gasteiger partial charge < -0.3 is 16.0 Å². The van der Waals surface area contributed by atoms with Gasteiger partial charge in [-0.3, -0.25) is 4.79 Å². The number of amides is 1. The molecule has 0 atom stereocenters. The fourth-order valence-corrected chi connectivity index (χ4v) is 1.71. The summed E-state index contributed by atoms with van der Waals surface area (Å²) in [6, 6.07) is 1.57. The number of carbonyl (C=O) groups is 1. The SMILES string of the molecule is CCNC(=O)CNc1nc(NC)c(Cl)cc1Cl. The van der Waals surface area contributed by atoms with E-state index < -0.39 is 0 Å². The number of halogens is 2. The normalized spacial score (nSPS) is 9.88. The molecule has 94 valence electrons. The number of nitrogens with one attached hydrogen (secondary N) is 3. The second kappa shape index (κ2) is 6.51. The van der Waals surface area contributed by atoms with E-state index in [4.69, 9.17) is 23.2 Å². The second-order valence-corrected chi connectivity index (χ2v) is 4.02. The lowest BCUT2D eigenvalue weighted by molar-refractivity contribution is -0.119. The van der Waals surface area contributed by atoms with E-state index in [-0.39, 0.29) is 12.5 Å². The van der Waals surface area contributed by atoms with Crippen molar-refractivity contribution in [2.24, 2.45) is 0 Å². The maximum atomic E-state index is 11.3. The Morgan fingerprint density at radius 1 is 1.35 bits per heavy atom. The number of hydrogen-bond donors (Lipinski definition) is 3. The highest BCUT2D eigenvalue weighted by atomic mass is 35.5. The summed E-state index contributed by atoms with van der Waals surface area (Å²) >= 11 is 11.8. The van der Waals surface area contributed by atoms with Gasteiger partial charge in [-0.15, -0.1) is 0 Å². The third-order valence-corrected chi connectivity index (χ3v) is 2.53. The molecule has 0 radical (unpaired) electrons. The highest BCUT2D eigenvalue weighted by molar-refractivity contribution is 6.37. The van der Waals surface area contributed by atoms with Gasteiger partial charge in [-0.05, 0) is 13.0 Å². The molecular formula is C10H14Cl2N4O. The molecule has 0 spiro atoms. The first-order valence-electron chi connectivity index (χ1n) is 5.12. The molecule has 1 rings (SSSR count). The molecule has 0 aliphatic carbocycles. The Kier molecular flexibility index (Phi) is 5.31. The summed E-state index contributed by atoms with van der Waals surface area (Å²) in [4.78, 5) is 15.4. The molecule has 1 amide bonds. The average Bonchev–Trinajstić information content (AvgIpc) is 2.28. The Balaban J connectivity index is 2.74. The van der Waals surface area contributed by atoms with Crippen molar-refractivity contribution in [3.05, 3.63) is 16.1 Å². The Morgan fingerprint density at radius 3 is 2.59 bits per heavy atom. The number of carbonyl (C=O) groups excluding carboxylic acids is 1. The Hall–Kier alpha value is -1.20. The lowest BCUT2D eigenvalue weighted by atomic mass is 10.4. The molecule has 1 heterocycles. The van der Waals surface area contributed by atoms with Crippen molar-refractivity contribution in [2.75, 3.05) is 30.8 Å². The maximum Gasteiger partial charge on any atom is 0.239 e. The topological polar surface area (TPSA) is 66.0 Å². The van der Waals surface area contributed by atoms with Gasteiger partial charge in [0.15, 0.2) is 0 Å². The molecular weight excluding hydrogens is 263 g/mol. The van der Waals surface area contributed by atoms with E-state index in [0.29, 0.717) is 28.2 Å². The third-order valence-electron chi connectivity index (χ3n) is 1.96. The van der Waals surface area contributed by atoms with Gasteiger partial charge in [0, 0.05) is 13.6 Å². The summed E-state index contributed by atoms with van der Waals surface area (Å²) < 4.78 is 0. The van der Waals surface area contributed by atoms with Crippen LogP contribution in [0.3, 0.4) is 0 Å². The predicted octanol–water partition coefficient (Wildman–Crippen LogP) is 1.98. The van der Waals surface area contributed by atoms with Crippen LogP contribution in [-0.4, -0.2) is 31.0 Å². The maximum absolute atomic E-state index is 11.3. The molecule has 0 aromatic carbocycles. The van der Waals surface area contributed by atoms with Crippen LogP contribution in [-0.2, 0) is 4.79 Å². The molecule has 7 heteroatoms. The van der Waals surface area contributed by atoms with Crippen LogP contribution in [0.2, 0.25) is 10.0 Å². The zero-order valence-electron chi connectivity index (χ0n) is 9.60. The van der Waals surface area contributed by atoms with Gasteiger partial charge in [-0.2, -0.15) is 0 Å². The van der Waals surface area contributed by atoms with Crippen LogP contribution in [0.4, 0.5) is 11.6 Å². The largest absolute Gasteiger partial charge is 0.372 e. The third kappa shape index (κ3) is 3.94. The summed E-state index contributed by atoms with van der Waals surface area (Å²) in [5, 5.41) is 9.15. The van der Waals surface area contributed by atoms with Gasteiger partial charge in [-0.25, -0.2) is 4.98 Å². The number of anilines is 2. The van der Waals surface area contributed by atoms with Gasteiger partial charge in [-0.1, -0.05) is 23.2 Å². The monoisotopic (exact) mass is 276 g/mol. The molecule has 0 unspecified atom stereocenters. The Bertz CT molecular complexity index is 412. The van der Waals surface area contributed by atoms with Crippen LogP contribution in [0.15, 0.2) is 6.07 Å². The zero-order valence-corrected chi connectivity index (χ0v) is 11.1. The van der Waals surface area contributed by atoms with E-state index in [1.165, 1.54) is 0 Å². The molecule has 0 saturated heterocycles. The fraction of sp³-hybridized carbons (Fsp3) is 0.400. The molecule has 1 aromatic heterocycles. The molecule has 3 N–H and O–H groups in total. The van der Waals surface area contributed by atoms with Gasteiger partial charge in [0.05, 0.1) is 16.6 Å². The van der Waals surface area contributed by atoms with Crippen LogP contribution in [0.1, 0.15) is 6.92 Å². The molecule has 17 heavy (non-hydrogen) atoms. The van der Waals surface area contributed by atoms with E-state index in [0.717, 1.165) is 0 Å². The zero-order chi connectivity index (χ0) is 12.8. The molecule has 1 aromatic rings. The van der Waals surface area contributed by atoms with Gasteiger partial charge in [0.2, 0.25) is 5.91 Å². The predicted molar refractivity (Wildman–Crippen MR) is 71.0 cm³/mol. The molecule has 0 aliphatic heterocycles. The lowest BCUT2D eigenvalue weighted by Crippen LogP contribution is -2.29. The summed E-state index contributed by atoms with van der Waals surface area (Å²) in [7, 11) is 1.70. The Morgan fingerprint density at radius 2 is 2.00 bits per heavy atom. The first kappa shape index (κ1) is 13.9. The fourth-order valence-electron chi connectivity index (χ4n) is 1.19. The highest BCUT2D eigenvalue weighted by Gasteiger charge is 2.09. The van der Waals surface area contributed by atoms with Crippen LogP contribution >= 0.6 is 23.2 Å². The van der Waals surface area contributed by atoms with Gasteiger partial charge in [0.1, 0.15) is 11.6 Å². The molecule has 0 fully saturated rings. The van der Waals surface area contributed by atoms with Crippen molar-refractivity contribution >= 4 is 40.7 Å². The second-order valence-electron chi connectivity index (χ2n) is 3.21. The van der Waals surface area contributed by atoms with E-state index in [2.05, 4.69) is 20.9 Å². The molecule has 0 saturated carbocycles. The average molecular weight is 277 g/mol. The molecule has 5 nitrogen and oxygen atoms in total. The lowest BCUT2D eigenvalue weighted by Gasteiger charge is -2.10. The van der Waals surface area contributed by atoms with Crippen LogP contribution in [0, 0.1) is 0 Å². The number of nitrogens with zero attached hydrogens (tertiary/aromatic N) is 1. The summed E-state index contributed by atoms with van der Waals surface area (Å²) in [5.41, 5.74) is 0. The van der Waals surface area contributed by atoms with E-state index >= 15 is 0 Å². The highest BCUT2D eigenvalue weighted by Crippen LogP contribution is 2.28. The van der Waals surface area contributed by atoms with E-state index in [9.17, 15) is 4.79 Å². The minimum absolute atomic E-state index is 0.116. The molecule has 0 bridgehead atoms. The first-order valence-corrected chi connectivity index (χ1v) is 5.88. The van der Waals surface area contributed by atoms with Crippen LogP contribution in [0.25, 0.3) is 0 Å². The van der Waals surface area contributed by atoms with Gasteiger partial charge >= 0.3 is 0 Å². The van der Waals surface area contributed by atoms with Crippen LogP contribution in [0.5, 0.6) is 0 Å². The van der Waals surface area contributed by atoms with Crippen molar-refractivity contribution in [3.63, 3.8) is 0 Å². The number of rotatable bonds is 5. The minimum Gasteiger partial charge on any atom is -0.372 e. The van der Waals surface area contributed by atoms with Crippen LogP contribution < -0.4 is 16.0 Å². The van der Waals surface area contributed by atoms with Crippen molar-refractivity contribution < 1.29 is 4.79 Å². The van der Waals surface area contributed by atoms with Crippen molar-refractivity contribution in [1.82, 2.24) is 10.3 Å². The van der Waals surface area contributed by atoms with Crippen molar-refractivity contribution in [1.29, 1.82) is 0 Å². The summed E-state index contributed by atoms with van der Waals surface area (Å²) in [6.45, 7) is 2.56. The first-order chi connectivity index (χ1) is 8.08. The summed E-state index contributed by atoms with van der Waals surface area (Å²) in [6.07, 6.45) is 0. The van der Waals surface area contributed by atoms with E-state index in [1.54, 1.807) is 13.1 Å². The number of likely N-dealkylation sites (N-methyl/N-ethyl adjacent to an activating group) is 1. The van der Waals surface area contributed by atoms with Crippen molar-refractivity contribution in [3.8, 4) is 0 Å². The Labute approximate surface area is 110 Å². The van der Waals surface area contributed by atoms with Gasteiger partial charge in [0.25, 0.3) is 0 Å². The minimum atomic E-state index is -0.119.